The minimum Gasteiger partial charge on any atom is -0.251 e. The third-order valence-electron chi connectivity index (χ3n) is 3.11. The molecule has 1 unspecified atom stereocenters. The highest BCUT2D eigenvalue weighted by atomic mass is 17.1. The van der Waals surface area contributed by atoms with Gasteiger partial charge >= 0.3 is 0 Å². The molecule has 0 aliphatic rings. The fourth-order valence-electron chi connectivity index (χ4n) is 2.04. The quantitative estimate of drug-likeness (QED) is 0.507. The van der Waals surface area contributed by atoms with Crippen LogP contribution >= 0.6 is 0 Å². The van der Waals surface area contributed by atoms with E-state index in [1.807, 2.05) is 30.3 Å². The van der Waals surface area contributed by atoms with Gasteiger partial charge in [0, 0.05) is 0 Å². The zero-order chi connectivity index (χ0) is 14.4. The Kier molecular flexibility index (Phi) is 4.67. The molecule has 2 aromatic rings. The maximum Gasteiger partial charge on any atom is 0.143 e. The van der Waals surface area contributed by atoms with Crippen molar-refractivity contribution in [3.63, 3.8) is 0 Å². The number of hydrogen-bond donors (Lipinski definition) is 1. The van der Waals surface area contributed by atoms with Crippen LogP contribution in [0.25, 0.3) is 0 Å². The van der Waals surface area contributed by atoms with Crippen LogP contribution in [0.2, 0.25) is 0 Å². The van der Waals surface area contributed by atoms with E-state index >= 15 is 0 Å². The first-order valence-corrected chi connectivity index (χ1v) is 6.28. The van der Waals surface area contributed by atoms with E-state index in [-0.39, 0.29) is 0 Å². The highest BCUT2D eigenvalue weighted by Crippen LogP contribution is 2.25. The Hall–Kier alpha value is -2.41. The van der Waals surface area contributed by atoms with Gasteiger partial charge in [-0.2, -0.15) is 5.26 Å². The van der Waals surface area contributed by atoms with E-state index in [0.717, 1.165) is 23.1 Å². The standard InChI is InChI=1S/C17H15NO2/c1-2-3-13-4-8-15(9-5-13)17(20-19)16-10-6-14(12-18)7-11-16/h2,4-11,17,19H,1,3H2. The van der Waals surface area contributed by atoms with E-state index in [9.17, 15) is 0 Å². The second kappa shape index (κ2) is 6.67. The minimum absolute atomic E-state index is 0.555. The summed E-state index contributed by atoms with van der Waals surface area (Å²) in [6, 6.07) is 16.8. The van der Waals surface area contributed by atoms with Gasteiger partial charge in [-0.15, -0.1) is 6.58 Å². The lowest BCUT2D eigenvalue weighted by Gasteiger charge is -2.14. The SMILES string of the molecule is C=CCc1ccc(C(OO)c2ccc(C#N)cc2)cc1. The lowest BCUT2D eigenvalue weighted by molar-refractivity contribution is -0.270. The zero-order valence-corrected chi connectivity index (χ0v) is 11.0. The molecule has 0 saturated carbocycles. The number of allylic oxidation sites excluding steroid dienone is 1. The van der Waals surface area contributed by atoms with Gasteiger partial charge < -0.3 is 0 Å². The molecule has 0 heterocycles. The summed E-state index contributed by atoms with van der Waals surface area (Å²) in [5, 5.41) is 17.9. The Morgan fingerprint density at radius 3 is 2.10 bits per heavy atom. The molecule has 0 spiro atoms. The summed E-state index contributed by atoms with van der Waals surface area (Å²) < 4.78 is 0. The van der Waals surface area contributed by atoms with Gasteiger partial charge in [-0.25, -0.2) is 4.89 Å². The topological polar surface area (TPSA) is 53.2 Å². The molecule has 3 nitrogen and oxygen atoms in total. The van der Waals surface area contributed by atoms with Gasteiger partial charge in [0.25, 0.3) is 0 Å². The molecule has 0 fully saturated rings. The molecule has 0 aliphatic carbocycles. The molecule has 100 valence electrons. The summed E-state index contributed by atoms with van der Waals surface area (Å²) in [6.45, 7) is 3.70. The van der Waals surface area contributed by atoms with Gasteiger partial charge in [0.05, 0.1) is 11.6 Å². The number of benzene rings is 2. The molecule has 1 N–H and O–H groups in total. The molecule has 2 aromatic carbocycles. The summed E-state index contributed by atoms with van der Waals surface area (Å²) in [6.07, 6.45) is 2.10. The van der Waals surface area contributed by atoms with Gasteiger partial charge in [0.2, 0.25) is 0 Å². The average molecular weight is 265 g/mol. The number of rotatable bonds is 5. The van der Waals surface area contributed by atoms with Crippen molar-refractivity contribution in [2.45, 2.75) is 12.5 Å². The van der Waals surface area contributed by atoms with Crippen LogP contribution in [0.15, 0.2) is 61.2 Å². The molecule has 20 heavy (non-hydrogen) atoms. The fraction of sp³-hybridized carbons (Fsp3) is 0.118. The summed E-state index contributed by atoms with van der Waals surface area (Å²) in [4.78, 5) is 4.59. The third kappa shape index (κ3) is 3.12. The molecule has 0 saturated heterocycles. The summed E-state index contributed by atoms with van der Waals surface area (Å²) in [5.74, 6) is 0. The largest absolute Gasteiger partial charge is 0.251 e. The summed E-state index contributed by atoms with van der Waals surface area (Å²) in [5.41, 5.74) is 3.38. The second-order valence-electron chi connectivity index (χ2n) is 4.45. The van der Waals surface area contributed by atoms with E-state index in [1.165, 1.54) is 0 Å². The van der Waals surface area contributed by atoms with Crippen molar-refractivity contribution < 1.29 is 10.1 Å². The van der Waals surface area contributed by atoms with Crippen LogP contribution in [0.5, 0.6) is 0 Å². The smallest absolute Gasteiger partial charge is 0.143 e. The highest BCUT2D eigenvalue weighted by molar-refractivity contribution is 5.37. The first-order chi connectivity index (χ1) is 9.78. The predicted molar refractivity (Wildman–Crippen MR) is 77.1 cm³/mol. The molecule has 0 bridgehead atoms. The molecule has 0 amide bonds. The Labute approximate surface area is 118 Å². The van der Waals surface area contributed by atoms with Crippen LogP contribution in [0, 0.1) is 11.3 Å². The molecule has 1 atom stereocenters. The average Bonchev–Trinajstić information content (AvgIpc) is 2.51. The lowest BCUT2D eigenvalue weighted by Crippen LogP contribution is -2.04. The first kappa shape index (κ1) is 14.0. The third-order valence-corrected chi connectivity index (χ3v) is 3.11. The predicted octanol–water partition coefficient (Wildman–Crippen LogP) is 3.87. The lowest BCUT2D eigenvalue weighted by atomic mass is 9.99. The normalized spacial score (nSPS) is 11.6. The number of nitrogens with zero attached hydrogens (tertiary/aromatic N) is 1. The van der Waals surface area contributed by atoms with Gasteiger partial charge in [0.15, 0.2) is 0 Å². The van der Waals surface area contributed by atoms with Crippen LogP contribution in [-0.2, 0) is 11.3 Å². The van der Waals surface area contributed by atoms with Gasteiger partial charge in [-0.1, -0.05) is 42.5 Å². The Bertz CT molecular complexity index is 609. The van der Waals surface area contributed by atoms with Crippen molar-refractivity contribution in [3.8, 4) is 6.07 Å². The van der Waals surface area contributed by atoms with Gasteiger partial charge in [-0.05, 0) is 35.2 Å². The molecule has 0 aromatic heterocycles. The minimum atomic E-state index is -0.555. The van der Waals surface area contributed by atoms with Crippen LogP contribution in [0.1, 0.15) is 28.4 Å². The zero-order valence-electron chi connectivity index (χ0n) is 11.0. The second-order valence-corrected chi connectivity index (χ2v) is 4.45. The van der Waals surface area contributed by atoms with Gasteiger partial charge in [0.1, 0.15) is 6.10 Å². The van der Waals surface area contributed by atoms with Crippen molar-refractivity contribution in [1.29, 1.82) is 5.26 Å². The van der Waals surface area contributed by atoms with E-state index in [0.29, 0.717) is 5.56 Å². The van der Waals surface area contributed by atoms with Crippen LogP contribution in [-0.4, -0.2) is 5.26 Å². The van der Waals surface area contributed by atoms with Crippen molar-refractivity contribution in [2.24, 2.45) is 0 Å². The van der Waals surface area contributed by atoms with E-state index in [4.69, 9.17) is 10.5 Å². The first-order valence-electron chi connectivity index (χ1n) is 6.28. The Balaban J connectivity index is 2.26. The molecule has 0 aliphatic heterocycles. The Morgan fingerprint density at radius 2 is 1.65 bits per heavy atom. The van der Waals surface area contributed by atoms with E-state index < -0.39 is 6.10 Å². The number of hydrogen-bond acceptors (Lipinski definition) is 3. The van der Waals surface area contributed by atoms with Crippen molar-refractivity contribution >= 4 is 0 Å². The number of nitriles is 1. The molecular formula is C17H15NO2. The monoisotopic (exact) mass is 265 g/mol. The van der Waals surface area contributed by atoms with E-state index in [2.05, 4.69) is 17.5 Å². The van der Waals surface area contributed by atoms with Crippen molar-refractivity contribution in [1.82, 2.24) is 0 Å². The molecular weight excluding hydrogens is 250 g/mol. The van der Waals surface area contributed by atoms with Crippen molar-refractivity contribution in [2.75, 3.05) is 0 Å². The van der Waals surface area contributed by atoms with E-state index in [1.54, 1.807) is 24.3 Å². The molecule has 3 heteroatoms. The van der Waals surface area contributed by atoms with Crippen LogP contribution in [0.4, 0.5) is 0 Å². The maximum absolute atomic E-state index is 9.15. The van der Waals surface area contributed by atoms with Crippen LogP contribution < -0.4 is 0 Å². The highest BCUT2D eigenvalue weighted by Gasteiger charge is 2.14. The van der Waals surface area contributed by atoms with Crippen LogP contribution in [0.3, 0.4) is 0 Å². The molecule has 0 radical (unpaired) electrons. The molecule has 2 rings (SSSR count). The van der Waals surface area contributed by atoms with Gasteiger partial charge in [-0.3, -0.25) is 5.26 Å². The maximum atomic E-state index is 9.15. The summed E-state index contributed by atoms with van der Waals surface area (Å²) >= 11 is 0. The fourth-order valence-corrected chi connectivity index (χ4v) is 2.04. The Morgan fingerprint density at radius 1 is 1.10 bits per heavy atom. The van der Waals surface area contributed by atoms with Crippen molar-refractivity contribution in [3.05, 3.63) is 83.4 Å². The summed E-state index contributed by atoms with van der Waals surface area (Å²) in [7, 11) is 0.